The summed E-state index contributed by atoms with van der Waals surface area (Å²) in [5.41, 5.74) is 5.63. The van der Waals surface area contributed by atoms with Crippen molar-refractivity contribution in [3.63, 3.8) is 0 Å². The van der Waals surface area contributed by atoms with Gasteiger partial charge in [-0.05, 0) is 13.3 Å². The molecule has 1 amide bonds. The summed E-state index contributed by atoms with van der Waals surface area (Å²) in [4.78, 5) is 58.5. The molecule has 0 aliphatic heterocycles. The summed E-state index contributed by atoms with van der Waals surface area (Å²) in [5.74, 6) is -1.91. The molecule has 3 N–H and O–H groups in total. The first kappa shape index (κ1) is 28.7. The van der Waals surface area contributed by atoms with E-state index in [-0.39, 0.29) is 65.9 Å². The molecule has 28 heavy (non-hydrogen) atoms. The van der Waals surface area contributed by atoms with Crippen LogP contribution in [0.4, 0.5) is 0 Å². The van der Waals surface area contributed by atoms with Crippen LogP contribution in [0.2, 0.25) is 0 Å². The number of nitrogens with two attached hydrogens (primary N) is 1. The normalized spacial score (nSPS) is 12.1. The molecule has 0 bridgehead atoms. The monoisotopic (exact) mass is 483 g/mol. The second-order valence-electron chi connectivity index (χ2n) is 5.60. The molecular weight excluding hydrogens is 456 g/mol. The van der Waals surface area contributed by atoms with Gasteiger partial charge in [-0.15, -0.1) is 0 Å². The molecule has 0 fully saturated rings. The lowest BCUT2D eigenvalue weighted by Crippen LogP contribution is -3.00. The molecule has 0 aromatic rings. The fourth-order valence-corrected chi connectivity index (χ4v) is 2.74. The molecule has 0 aromatic carbocycles. The molecule has 11 heteroatoms. The third-order valence-electron chi connectivity index (χ3n) is 3.50. The molecular formula is C17H28BrN2O7S-. The molecule has 162 valence electrons. The van der Waals surface area contributed by atoms with Gasteiger partial charge in [0.1, 0.15) is 6.04 Å². The number of nitrogens with one attached hydrogen (secondary N) is 1. The number of carbonyl (C=O) groups excluding carboxylic acids is 5. The lowest BCUT2D eigenvalue weighted by atomic mass is 10.1. The molecule has 0 aliphatic carbocycles. The van der Waals surface area contributed by atoms with Crippen molar-refractivity contribution in [2.45, 2.75) is 58.0 Å². The van der Waals surface area contributed by atoms with Gasteiger partial charge in [0.05, 0.1) is 26.2 Å². The number of esters is 2. The van der Waals surface area contributed by atoms with Crippen molar-refractivity contribution < 1.29 is 50.4 Å². The number of methoxy groups -OCH3 is 1. The van der Waals surface area contributed by atoms with E-state index in [0.717, 1.165) is 11.8 Å². The van der Waals surface area contributed by atoms with Crippen LogP contribution >= 0.6 is 11.8 Å². The standard InChI is InChI=1S/C17H28N2O7S.BrH/c1-4-16(23)27-10-12(13(20)7-9-15(22)25-3)19-14(21)8-6-11(18)17(24)26-5-2;/h11-12H,4-10,18H2,1-3H3,(H,19,21);1H/p-1/t11-,12-;/m0./s1. The molecule has 0 rings (SSSR count). The number of carbonyl (C=O) groups is 5. The minimum atomic E-state index is -0.930. The third kappa shape index (κ3) is 12.8. The van der Waals surface area contributed by atoms with Crippen LogP contribution in [0.1, 0.15) is 46.0 Å². The van der Waals surface area contributed by atoms with E-state index >= 15 is 0 Å². The average Bonchev–Trinajstić information content (AvgIpc) is 2.66. The second-order valence-corrected chi connectivity index (χ2v) is 6.67. The molecule has 9 nitrogen and oxygen atoms in total. The Morgan fingerprint density at radius 3 is 2.25 bits per heavy atom. The van der Waals surface area contributed by atoms with Gasteiger partial charge in [0.15, 0.2) is 10.9 Å². The van der Waals surface area contributed by atoms with E-state index in [2.05, 4.69) is 10.1 Å². The van der Waals surface area contributed by atoms with Gasteiger partial charge in [-0.3, -0.25) is 24.0 Å². The minimum Gasteiger partial charge on any atom is -1.00 e. The first-order valence-electron chi connectivity index (χ1n) is 8.71. The maximum atomic E-state index is 12.3. The van der Waals surface area contributed by atoms with Crippen LogP contribution in [0.15, 0.2) is 0 Å². The quantitative estimate of drug-likeness (QED) is 0.268. The highest BCUT2D eigenvalue weighted by Gasteiger charge is 2.23. The first-order chi connectivity index (χ1) is 12.7. The summed E-state index contributed by atoms with van der Waals surface area (Å²) in [6.45, 7) is 3.54. The van der Waals surface area contributed by atoms with Crippen LogP contribution < -0.4 is 28.0 Å². The number of amides is 1. The van der Waals surface area contributed by atoms with Crippen molar-refractivity contribution in [2.75, 3.05) is 19.5 Å². The Morgan fingerprint density at radius 1 is 1.07 bits per heavy atom. The largest absolute Gasteiger partial charge is 1.00 e. The lowest BCUT2D eigenvalue weighted by molar-refractivity contribution is -0.145. The van der Waals surface area contributed by atoms with Crippen molar-refractivity contribution in [1.82, 2.24) is 5.32 Å². The van der Waals surface area contributed by atoms with E-state index in [9.17, 15) is 24.0 Å². The fourth-order valence-electron chi connectivity index (χ4n) is 1.92. The average molecular weight is 484 g/mol. The van der Waals surface area contributed by atoms with E-state index in [1.54, 1.807) is 13.8 Å². The summed E-state index contributed by atoms with van der Waals surface area (Å²) >= 11 is 0.941. The zero-order valence-electron chi connectivity index (χ0n) is 16.3. The van der Waals surface area contributed by atoms with Crippen molar-refractivity contribution in [2.24, 2.45) is 5.73 Å². The van der Waals surface area contributed by atoms with Crippen molar-refractivity contribution in [3.8, 4) is 0 Å². The predicted molar refractivity (Wildman–Crippen MR) is 99.8 cm³/mol. The number of ketones is 1. The Hall–Kier alpha value is -1.46. The number of hydrogen-bond donors (Lipinski definition) is 2. The summed E-state index contributed by atoms with van der Waals surface area (Å²) in [7, 11) is 1.22. The van der Waals surface area contributed by atoms with Crippen LogP contribution in [-0.4, -0.2) is 60.3 Å². The summed E-state index contributed by atoms with van der Waals surface area (Å²) in [6.07, 6.45) is 0.0701. The molecule has 0 saturated carbocycles. The zero-order chi connectivity index (χ0) is 20.8. The first-order valence-corrected chi connectivity index (χ1v) is 9.70. The number of halogens is 1. The van der Waals surface area contributed by atoms with E-state index in [4.69, 9.17) is 10.5 Å². The highest BCUT2D eigenvalue weighted by atomic mass is 79.9. The predicted octanol–water partition coefficient (Wildman–Crippen LogP) is -2.66. The molecule has 0 aliphatic rings. The Bertz CT molecular complexity index is 546. The molecule has 0 heterocycles. The number of rotatable bonds is 13. The Kier molecular flexibility index (Phi) is 16.9. The SMILES string of the molecule is CCOC(=O)[C@@H](N)CCC(=O)N[C@@H](CSC(=O)CC)C(=O)CCC(=O)OC.[Br-]. The van der Waals surface area contributed by atoms with E-state index < -0.39 is 29.9 Å². The molecule has 0 aromatic heterocycles. The van der Waals surface area contributed by atoms with Crippen molar-refractivity contribution >= 4 is 40.5 Å². The van der Waals surface area contributed by atoms with E-state index in [0.29, 0.717) is 6.42 Å². The number of hydrogen-bond acceptors (Lipinski definition) is 9. The second kappa shape index (κ2) is 16.5. The van der Waals surface area contributed by atoms with Gasteiger partial charge in [-0.2, -0.15) is 0 Å². The summed E-state index contributed by atoms with van der Waals surface area (Å²) < 4.78 is 9.25. The van der Waals surface area contributed by atoms with Crippen LogP contribution in [0.25, 0.3) is 0 Å². The Morgan fingerprint density at radius 2 is 1.71 bits per heavy atom. The van der Waals surface area contributed by atoms with Gasteiger partial charge in [0.2, 0.25) is 5.91 Å². The van der Waals surface area contributed by atoms with Gasteiger partial charge < -0.3 is 37.5 Å². The smallest absolute Gasteiger partial charge is 0.322 e. The highest BCUT2D eigenvalue weighted by molar-refractivity contribution is 8.13. The van der Waals surface area contributed by atoms with Crippen LogP contribution in [-0.2, 0) is 33.4 Å². The van der Waals surface area contributed by atoms with Gasteiger partial charge in [0.25, 0.3) is 0 Å². The lowest BCUT2D eigenvalue weighted by Gasteiger charge is -2.17. The summed E-state index contributed by atoms with van der Waals surface area (Å²) in [5, 5.41) is 2.43. The van der Waals surface area contributed by atoms with E-state index in [1.165, 1.54) is 7.11 Å². The van der Waals surface area contributed by atoms with Crippen LogP contribution in [0.5, 0.6) is 0 Å². The van der Waals surface area contributed by atoms with Crippen molar-refractivity contribution in [1.29, 1.82) is 0 Å². The number of ether oxygens (including phenoxy) is 2. The Labute approximate surface area is 179 Å². The number of thioether (sulfide) groups is 1. The van der Waals surface area contributed by atoms with Gasteiger partial charge >= 0.3 is 11.9 Å². The molecule has 0 radical (unpaired) electrons. The maximum Gasteiger partial charge on any atom is 0.322 e. The topological polar surface area (TPSA) is 142 Å². The van der Waals surface area contributed by atoms with Crippen LogP contribution in [0, 0.1) is 0 Å². The third-order valence-corrected chi connectivity index (χ3v) is 4.61. The molecule has 0 saturated heterocycles. The number of Topliss-reactive ketones (excluding diaryl/α,β-unsaturated/α-hetero) is 1. The van der Waals surface area contributed by atoms with Gasteiger partial charge in [0, 0.05) is 25.0 Å². The van der Waals surface area contributed by atoms with Crippen LogP contribution in [0.3, 0.4) is 0 Å². The molecule has 2 atom stereocenters. The minimum absolute atomic E-state index is 0. The molecule has 0 spiro atoms. The van der Waals surface area contributed by atoms with Gasteiger partial charge in [-0.25, -0.2) is 0 Å². The van der Waals surface area contributed by atoms with E-state index in [1.807, 2.05) is 0 Å². The van der Waals surface area contributed by atoms with Crippen molar-refractivity contribution in [3.05, 3.63) is 0 Å². The Balaban J connectivity index is 0. The fraction of sp³-hybridized carbons (Fsp3) is 0.706. The van der Waals surface area contributed by atoms with Gasteiger partial charge in [-0.1, -0.05) is 18.7 Å². The maximum absolute atomic E-state index is 12.3. The summed E-state index contributed by atoms with van der Waals surface area (Å²) in [6, 6.07) is -1.85. The molecule has 0 unspecified atom stereocenters. The highest BCUT2D eigenvalue weighted by Crippen LogP contribution is 2.11. The zero-order valence-corrected chi connectivity index (χ0v) is 18.7.